The van der Waals surface area contributed by atoms with Gasteiger partial charge in [-0.3, -0.25) is 9.59 Å². The topological polar surface area (TPSA) is 134 Å². The molecule has 11 atom stereocenters. The number of rotatable bonds is 2. The Labute approximate surface area is 175 Å². The lowest BCUT2D eigenvalue weighted by Crippen LogP contribution is -2.86. The summed E-state index contributed by atoms with van der Waals surface area (Å²) in [6.45, 7) is 5.03. The number of aliphatic hydroxyl groups is 4. The van der Waals surface area contributed by atoms with E-state index < -0.39 is 64.1 Å². The van der Waals surface area contributed by atoms with Gasteiger partial charge in [-0.1, -0.05) is 13.8 Å². The summed E-state index contributed by atoms with van der Waals surface area (Å²) in [6.07, 6.45) is -1.41. The minimum Gasteiger partial charge on any atom is -0.465 e. The molecule has 0 aromatic carbocycles. The van der Waals surface area contributed by atoms with Crippen LogP contribution in [0.3, 0.4) is 0 Å². The van der Waals surface area contributed by atoms with Gasteiger partial charge in [-0.05, 0) is 37.5 Å². The number of Topliss-reactive ketones (excluding diaryl/α,β-unsaturated/α-hetero) is 1. The molecule has 8 nitrogen and oxygen atoms in total. The summed E-state index contributed by atoms with van der Waals surface area (Å²) < 4.78 is 11.2. The summed E-state index contributed by atoms with van der Waals surface area (Å²) in [4.78, 5) is 25.1. The fraction of sp³-hybridized carbons (Fsp3) is 0.909. The number of carbonyl (C=O) groups is 2. The minimum atomic E-state index is -2.24. The number of fused-ring (bicyclic) bond motifs is 2. The minimum absolute atomic E-state index is 0.00643. The molecule has 2 spiro atoms. The van der Waals surface area contributed by atoms with Gasteiger partial charge in [-0.2, -0.15) is 0 Å². The van der Waals surface area contributed by atoms with Crippen LogP contribution in [-0.4, -0.2) is 69.5 Å². The van der Waals surface area contributed by atoms with Gasteiger partial charge in [0.25, 0.3) is 0 Å². The third kappa shape index (κ3) is 1.97. The Morgan fingerprint density at radius 2 is 1.90 bits per heavy atom. The first-order valence-electron chi connectivity index (χ1n) is 11.1. The predicted octanol–water partition coefficient (Wildman–Crippen LogP) is -0.00130. The maximum Gasteiger partial charge on any atom is 0.302 e. The SMILES string of the molecule is CC(=O)OC[C@]1(C)CC[C@@H](O)[C@]23CO[C@@](O)([C@@H](O)[C@H]12)[C@]12C(=O)[C@H](C)[C@H](CC[C@@H]31)[C@H]2O. The summed E-state index contributed by atoms with van der Waals surface area (Å²) in [5.41, 5.74) is -3.37. The van der Waals surface area contributed by atoms with Gasteiger partial charge in [-0.15, -0.1) is 0 Å². The smallest absolute Gasteiger partial charge is 0.302 e. The van der Waals surface area contributed by atoms with Gasteiger partial charge < -0.3 is 29.9 Å². The molecule has 4 bridgehead atoms. The van der Waals surface area contributed by atoms with Crippen molar-refractivity contribution in [3.8, 4) is 0 Å². The van der Waals surface area contributed by atoms with E-state index in [1.165, 1.54) is 6.92 Å². The molecule has 4 saturated carbocycles. The molecule has 2 heterocycles. The van der Waals surface area contributed by atoms with Crippen molar-refractivity contribution in [2.24, 2.45) is 39.9 Å². The molecule has 0 radical (unpaired) electrons. The molecule has 0 amide bonds. The van der Waals surface area contributed by atoms with Crippen molar-refractivity contribution < 1.29 is 39.5 Å². The van der Waals surface area contributed by atoms with Crippen molar-refractivity contribution in [2.75, 3.05) is 13.2 Å². The van der Waals surface area contributed by atoms with Gasteiger partial charge in [0.15, 0.2) is 5.78 Å². The van der Waals surface area contributed by atoms with Crippen molar-refractivity contribution in [1.29, 1.82) is 0 Å². The molecule has 2 saturated heterocycles. The van der Waals surface area contributed by atoms with Gasteiger partial charge in [0.05, 0.1) is 25.4 Å². The van der Waals surface area contributed by atoms with Crippen LogP contribution in [0, 0.1) is 39.9 Å². The van der Waals surface area contributed by atoms with Gasteiger partial charge in [-0.25, -0.2) is 0 Å². The standard InChI is InChI=1S/C22H32O8/c1-10-12-4-5-13-20-9-30-22(28,21(13,16(10)25)17(12)26)18(27)15(20)19(3,7-6-14(20)24)8-29-11(2)23/h10,12-15,17-18,24,26-28H,4-9H2,1-3H3/t10-,12+,13+,14-,15-,17-,18+,19+,20-,21+,22+/m1/s1. The van der Waals surface area contributed by atoms with Crippen molar-refractivity contribution >= 4 is 11.8 Å². The summed E-state index contributed by atoms with van der Waals surface area (Å²) >= 11 is 0. The number of esters is 1. The third-order valence-electron chi connectivity index (χ3n) is 9.72. The van der Waals surface area contributed by atoms with Crippen LogP contribution in [0.2, 0.25) is 0 Å². The molecule has 8 heteroatoms. The molecule has 30 heavy (non-hydrogen) atoms. The van der Waals surface area contributed by atoms with E-state index >= 15 is 0 Å². The maximum absolute atomic E-state index is 13.6. The van der Waals surface area contributed by atoms with Crippen LogP contribution in [0.15, 0.2) is 0 Å². The number of ketones is 1. The quantitative estimate of drug-likeness (QED) is 0.455. The molecule has 0 unspecified atom stereocenters. The summed E-state index contributed by atoms with van der Waals surface area (Å²) in [5, 5.41) is 46.0. The Hall–Kier alpha value is -1.06. The Bertz CT molecular complexity index is 800. The van der Waals surface area contributed by atoms with E-state index in [-0.39, 0.29) is 24.9 Å². The summed E-state index contributed by atoms with van der Waals surface area (Å²) in [7, 11) is 0. The first kappa shape index (κ1) is 20.8. The Balaban J connectivity index is 1.70. The highest BCUT2D eigenvalue weighted by atomic mass is 16.6. The first-order chi connectivity index (χ1) is 14.0. The van der Waals surface area contributed by atoms with Gasteiger partial charge in [0.1, 0.15) is 11.5 Å². The van der Waals surface area contributed by atoms with Gasteiger partial charge >= 0.3 is 5.97 Å². The van der Waals surface area contributed by atoms with Gasteiger partial charge in [0, 0.05) is 29.6 Å². The lowest BCUT2D eigenvalue weighted by Gasteiger charge is -2.74. The van der Waals surface area contributed by atoms with Gasteiger partial charge in [0.2, 0.25) is 5.79 Å². The number of aliphatic hydroxyl groups excluding tert-OH is 3. The maximum atomic E-state index is 13.6. The molecule has 6 rings (SSSR count). The van der Waals surface area contributed by atoms with E-state index in [1.807, 2.05) is 6.92 Å². The third-order valence-corrected chi connectivity index (χ3v) is 9.72. The van der Waals surface area contributed by atoms with Crippen molar-refractivity contribution in [1.82, 2.24) is 0 Å². The predicted molar refractivity (Wildman–Crippen MR) is 102 cm³/mol. The summed E-state index contributed by atoms with van der Waals surface area (Å²) in [5.74, 6) is -4.86. The molecule has 4 N–H and O–H groups in total. The van der Waals surface area contributed by atoms with Crippen LogP contribution < -0.4 is 0 Å². The largest absolute Gasteiger partial charge is 0.465 e. The van der Waals surface area contributed by atoms with Crippen LogP contribution in [0.4, 0.5) is 0 Å². The fourth-order valence-electron chi connectivity index (χ4n) is 8.53. The normalized spacial score (nSPS) is 58.9. The second kappa shape index (κ2) is 6.04. The van der Waals surface area contributed by atoms with Crippen LogP contribution >= 0.6 is 0 Å². The second-order valence-corrected chi connectivity index (χ2v) is 10.8. The monoisotopic (exact) mass is 424 g/mol. The number of ether oxygens (including phenoxy) is 2. The number of hydrogen-bond donors (Lipinski definition) is 4. The molecular formula is C22H32O8. The molecule has 2 aliphatic heterocycles. The fourth-order valence-corrected chi connectivity index (χ4v) is 8.53. The zero-order valence-corrected chi connectivity index (χ0v) is 17.7. The average molecular weight is 424 g/mol. The van der Waals surface area contributed by atoms with E-state index in [2.05, 4.69) is 0 Å². The molecule has 0 aromatic heterocycles. The van der Waals surface area contributed by atoms with E-state index in [0.29, 0.717) is 25.7 Å². The molecule has 0 aromatic rings. The molecule has 4 aliphatic carbocycles. The van der Waals surface area contributed by atoms with Crippen LogP contribution in [0.5, 0.6) is 0 Å². The molecule has 6 aliphatic rings. The lowest BCUT2D eigenvalue weighted by atomic mass is 9.35. The van der Waals surface area contributed by atoms with Crippen molar-refractivity contribution in [3.05, 3.63) is 0 Å². The van der Waals surface area contributed by atoms with E-state index in [0.717, 1.165) is 0 Å². The summed E-state index contributed by atoms with van der Waals surface area (Å²) in [6, 6.07) is 0. The highest BCUT2D eigenvalue weighted by molar-refractivity contribution is 5.93. The van der Waals surface area contributed by atoms with Crippen LogP contribution in [-0.2, 0) is 19.1 Å². The zero-order valence-electron chi connectivity index (χ0n) is 17.7. The van der Waals surface area contributed by atoms with Crippen molar-refractivity contribution in [2.45, 2.75) is 70.6 Å². The highest BCUT2D eigenvalue weighted by Gasteiger charge is 2.87. The lowest BCUT2D eigenvalue weighted by molar-refractivity contribution is -0.459. The first-order valence-corrected chi connectivity index (χ1v) is 11.1. The van der Waals surface area contributed by atoms with Crippen LogP contribution in [0.25, 0.3) is 0 Å². The molecule has 168 valence electrons. The van der Waals surface area contributed by atoms with Crippen LogP contribution in [0.1, 0.15) is 46.5 Å². The van der Waals surface area contributed by atoms with E-state index in [1.54, 1.807) is 6.92 Å². The Kier molecular flexibility index (Phi) is 4.19. The Morgan fingerprint density at radius 3 is 2.57 bits per heavy atom. The Morgan fingerprint density at radius 1 is 1.20 bits per heavy atom. The van der Waals surface area contributed by atoms with E-state index in [9.17, 15) is 30.0 Å². The average Bonchev–Trinajstić information content (AvgIpc) is 2.80. The van der Waals surface area contributed by atoms with Crippen molar-refractivity contribution in [3.63, 3.8) is 0 Å². The molecule has 6 fully saturated rings. The van der Waals surface area contributed by atoms with E-state index in [4.69, 9.17) is 9.47 Å². The zero-order chi connectivity index (χ0) is 21.9. The number of carbonyl (C=O) groups excluding carboxylic acids is 2. The number of hydrogen-bond acceptors (Lipinski definition) is 8. The second-order valence-electron chi connectivity index (χ2n) is 10.8. The molecular weight excluding hydrogens is 392 g/mol. The highest BCUT2D eigenvalue weighted by Crippen LogP contribution is 2.76.